The standard InChI is InChI=1S/C12H24Cl8N6O4P6/c13-31(14)21-33(17)25-35(19,23-31)29-11-7-3-4-8-12-30-36(20)24-32(15,16)22-34(18,26-36)28-10-6-2-1-5-9-27-33/h1-12H2/t33-,34-,35+,36+. The van der Waals surface area contributed by atoms with Crippen molar-refractivity contribution < 1.29 is 18.1 Å². The summed E-state index contributed by atoms with van der Waals surface area (Å²) >= 11 is 51.2. The van der Waals surface area contributed by atoms with Crippen molar-refractivity contribution >= 4 is 129 Å². The van der Waals surface area contributed by atoms with Crippen LogP contribution < -0.4 is 0 Å². The summed E-state index contributed by atoms with van der Waals surface area (Å²) in [5, 5.41) is 0. The number of halogens is 8. The minimum absolute atomic E-state index is 0.288. The van der Waals surface area contributed by atoms with E-state index in [-0.39, 0.29) is 26.4 Å². The average Bonchev–Trinajstić information content (AvgIpc) is 2.67. The van der Waals surface area contributed by atoms with Gasteiger partial charge in [0.2, 0.25) is 0 Å². The van der Waals surface area contributed by atoms with Gasteiger partial charge in [-0.2, -0.15) is 27.1 Å². The molecule has 0 aromatic rings. The van der Waals surface area contributed by atoms with E-state index in [1.165, 1.54) is 0 Å². The van der Waals surface area contributed by atoms with Gasteiger partial charge in [0.15, 0.2) is 0 Å². The molecule has 0 radical (unpaired) electrons. The number of fused-ring (bicyclic) bond motifs is 2. The summed E-state index contributed by atoms with van der Waals surface area (Å²) in [6, 6.07) is 0. The van der Waals surface area contributed by atoms with Crippen molar-refractivity contribution in [3.8, 4) is 0 Å². The Morgan fingerprint density at radius 1 is 0.333 bits per heavy atom. The molecule has 0 spiro atoms. The van der Waals surface area contributed by atoms with Gasteiger partial charge in [-0.1, -0.05) is 25.7 Å². The van der Waals surface area contributed by atoms with E-state index in [9.17, 15) is 0 Å². The topological polar surface area (TPSA) is 111 Å². The van der Waals surface area contributed by atoms with Crippen LogP contribution in [0.2, 0.25) is 0 Å². The lowest BCUT2D eigenvalue weighted by atomic mass is 10.2. The van der Waals surface area contributed by atoms with Crippen LogP contribution in [-0.4, -0.2) is 26.4 Å². The Kier molecular flexibility index (Phi) is 13.6. The summed E-state index contributed by atoms with van der Waals surface area (Å²) in [6.45, 7) is -11.6. The number of rotatable bonds is 0. The molecule has 0 fully saturated rings. The second-order valence-electron chi connectivity index (χ2n) is 7.50. The molecule has 4 atom stereocenters. The highest BCUT2D eigenvalue weighted by atomic mass is 35.9. The van der Waals surface area contributed by atoms with Crippen LogP contribution in [0.3, 0.4) is 0 Å². The van der Waals surface area contributed by atoms with Crippen LogP contribution in [0.15, 0.2) is 27.1 Å². The number of hydrogen-bond acceptors (Lipinski definition) is 10. The van der Waals surface area contributed by atoms with Gasteiger partial charge in [-0.05, 0) is 116 Å². The first-order valence-corrected chi connectivity index (χ1v) is 27.7. The molecule has 212 valence electrons. The van der Waals surface area contributed by atoms with Gasteiger partial charge in [-0.25, -0.2) is 0 Å². The normalized spacial score (nSPS) is 40.7. The maximum absolute atomic E-state index is 6.55. The van der Waals surface area contributed by atoms with E-state index >= 15 is 0 Å². The third-order valence-corrected chi connectivity index (χ3v) is 27.9. The minimum atomic E-state index is -3.19. The average molecular weight is 786 g/mol. The van der Waals surface area contributed by atoms with Crippen molar-refractivity contribution in [2.24, 2.45) is 27.1 Å². The van der Waals surface area contributed by atoms with Crippen LogP contribution >= 0.6 is 129 Å². The lowest BCUT2D eigenvalue weighted by Gasteiger charge is -2.25. The summed E-state index contributed by atoms with van der Waals surface area (Å²) < 4.78 is 48.5. The van der Waals surface area contributed by atoms with Gasteiger partial charge < -0.3 is 18.1 Å². The number of nitrogens with zero attached hydrogens (tertiary/aromatic N) is 6. The maximum atomic E-state index is 6.55. The van der Waals surface area contributed by atoms with Crippen molar-refractivity contribution in [3.63, 3.8) is 0 Å². The first kappa shape index (κ1) is 34.0. The smallest absolute Gasteiger partial charge is 0.300 e. The predicted octanol–water partition coefficient (Wildman–Crippen LogP) is 14.8. The molecule has 0 N–H and O–H groups in total. The molecule has 24 heteroatoms. The van der Waals surface area contributed by atoms with E-state index in [0.29, 0.717) is 25.7 Å². The van der Waals surface area contributed by atoms with Crippen molar-refractivity contribution in [2.45, 2.75) is 51.4 Å². The second-order valence-corrected chi connectivity index (χ2v) is 30.4. The SMILES string of the molecule is ClP1(Cl)=N[P@@]2(Cl)=N[P@@](Cl)(=N1)OCCCCCCO[P@@]1(Cl)=N[P@](Cl)(=NP(Cl)(Cl)=N1)OCCCCCCO2. The molecule has 0 amide bonds. The van der Waals surface area contributed by atoms with Crippen LogP contribution in [0.1, 0.15) is 51.4 Å². The van der Waals surface area contributed by atoms with Crippen molar-refractivity contribution in [3.05, 3.63) is 0 Å². The molecule has 0 aromatic carbocycles. The quantitative estimate of drug-likeness (QED) is 0.228. The Balaban J connectivity index is 1.70. The minimum Gasteiger partial charge on any atom is -0.316 e. The lowest BCUT2D eigenvalue weighted by Crippen LogP contribution is -1.96. The van der Waals surface area contributed by atoms with Crippen LogP contribution in [-0.2, 0) is 18.1 Å². The van der Waals surface area contributed by atoms with E-state index in [4.69, 9.17) is 108 Å². The van der Waals surface area contributed by atoms with E-state index < -0.39 is 39.0 Å². The molecule has 3 aliphatic rings. The maximum Gasteiger partial charge on any atom is 0.300 e. The Morgan fingerprint density at radius 3 is 0.861 bits per heavy atom. The van der Waals surface area contributed by atoms with Gasteiger partial charge in [0.05, 0.1) is 26.4 Å². The van der Waals surface area contributed by atoms with Crippen LogP contribution in [0.4, 0.5) is 0 Å². The monoisotopic (exact) mass is 782 g/mol. The van der Waals surface area contributed by atoms with Crippen LogP contribution in [0.25, 0.3) is 0 Å². The van der Waals surface area contributed by atoms with Crippen molar-refractivity contribution in [2.75, 3.05) is 26.4 Å². The van der Waals surface area contributed by atoms with E-state index in [1.54, 1.807) is 0 Å². The lowest BCUT2D eigenvalue weighted by molar-refractivity contribution is 0.311. The fraction of sp³-hybridized carbons (Fsp3) is 1.00. The molecular formula is C12H24Cl8N6O4P6. The van der Waals surface area contributed by atoms with E-state index in [1.807, 2.05) is 0 Å². The van der Waals surface area contributed by atoms with Crippen molar-refractivity contribution in [1.82, 2.24) is 0 Å². The van der Waals surface area contributed by atoms with Crippen LogP contribution in [0, 0.1) is 0 Å². The van der Waals surface area contributed by atoms with Gasteiger partial charge in [0, 0.05) is 0 Å². The molecule has 0 saturated carbocycles. The molecule has 10 nitrogen and oxygen atoms in total. The van der Waals surface area contributed by atoms with Crippen LogP contribution in [0.5, 0.6) is 0 Å². The highest BCUT2D eigenvalue weighted by Gasteiger charge is 2.36. The fourth-order valence-corrected chi connectivity index (χ4v) is 32.6. The Labute approximate surface area is 250 Å². The molecule has 3 aliphatic heterocycles. The Bertz CT molecular complexity index is 1040. The summed E-state index contributed by atoms with van der Waals surface area (Å²) in [6.07, 6.45) is 5.93. The molecule has 3 heterocycles. The van der Waals surface area contributed by atoms with E-state index in [0.717, 1.165) is 25.7 Å². The zero-order valence-corrected chi connectivity index (χ0v) is 29.9. The van der Waals surface area contributed by atoms with Gasteiger partial charge in [-0.3, -0.25) is 0 Å². The molecule has 0 aromatic heterocycles. The molecular weight excluding hydrogens is 762 g/mol. The van der Waals surface area contributed by atoms with Crippen molar-refractivity contribution in [1.29, 1.82) is 0 Å². The largest absolute Gasteiger partial charge is 0.316 e. The molecule has 0 aliphatic carbocycles. The summed E-state index contributed by atoms with van der Waals surface area (Å²) in [5.74, 6) is -6.32. The zero-order chi connectivity index (χ0) is 26.6. The predicted molar refractivity (Wildman–Crippen MR) is 164 cm³/mol. The molecule has 0 saturated heterocycles. The highest BCUT2D eigenvalue weighted by Crippen LogP contribution is 2.86. The number of hydrogen-bond donors (Lipinski definition) is 0. The third kappa shape index (κ3) is 11.7. The Morgan fingerprint density at radius 2 is 0.583 bits per heavy atom. The van der Waals surface area contributed by atoms with Gasteiger partial charge in [-0.15, -0.1) is 0 Å². The van der Waals surface area contributed by atoms with E-state index in [2.05, 4.69) is 27.1 Å². The highest BCUT2D eigenvalue weighted by molar-refractivity contribution is 8.17. The Hall–Kier alpha value is 3.54. The first-order valence-electron chi connectivity index (χ1n) is 10.6. The first-order chi connectivity index (χ1) is 16.7. The molecule has 3 rings (SSSR count). The molecule has 36 heavy (non-hydrogen) atoms. The molecule has 4 bridgehead atoms. The summed E-state index contributed by atoms with van der Waals surface area (Å²) in [7, 11) is 0. The summed E-state index contributed by atoms with van der Waals surface area (Å²) in [4.78, 5) is 0. The van der Waals surface area contributed by atoms with Gasteiger partial charge in [0.25, 0.3) is 39.0 Å². The third-order valence-electron chi connectivity index (χ3n) is 4.41. The summed E-state index contributed by atoms with van der Waals surface area (Å²) in [5.41, 5.74) is 0. The second kappa shape index (κ2) is 14.3. The molecule has 0 unspecified atom stereocenters. The van der Waals surface area contributed by atoms with Gasteiger partial charge >= 0.3 is 0 Å². The zero-order valence-electron chi connectivity index (χ0n) is 18.5. The fourth-order valence-electron chi connectivity index (χ4n) is 2.96. The van der Waals surface area contributed by atoms with Gasteiger partial charge in [0.1, 0.15) is 0 Å².